The van der Waals surface area contributed by atoms with Crippen LogP contribution in [0.4, 0.5) is 4.79 Å². The zero-order chi connectivity index (χ0) is 18.5. The van der Waals surface area contributed by atoms with Gasteiger partial charge in [-0.3, -0.25) is 9.59 Å². The maximum absolute atomic E-state index is 11.5. The number of carboxylic acids is 1. The molecule has 0 aromatic heterocycles. The molecule has 0 rings (SSSR count). The van der Waals surface area contributed by atoms with E-state index in [9.17, 15) is 14.4 Å². The topological polar surface area (TPSA) is 143 Å². The highest BCUT2D eigenvalue weighted by molar-refractivity contribution is 6.05. The first kappa shape index (κ1) is 21.9. The van der Waals surface area contributed by atoms with Gasteiger partial charge in [-0.1, -0.05) is 13.8 Å². The van der Waals surface area contributed by atoms with Gasteiger partial charge in [0.2, 0.25) is 0 Å². The minimum Gasteiger partial charge on any atom is -0.543 e. The summed E-state index contributed by atoms with van der Waals surface area (Å²) >= 11 is 0. The number of nitrogens with zero attached hydrogens (tertiary/aromatic N) is 1. The van der Waals surface area contributed by atoms with Crippen molar-refractivity contribution >= 4 is 32.2 Å². The molecule has 0 heterocycles. The molecule has 0 aliphatic heterocycles. The maximum Gasteiger partial charge on any atom is 0.378 e. The molecule has 0 bridgehead atoms. The summed E-state index contributed by atoms with van der Waals surface area (Å²) < 4.78 is 3.96. The fourth-order valence-corrected chi connectivity index (χ4v) is 1.88. The van der Waals surface area contributed by atoms with Gasteiger partial charge in [-0.05, 0) is 25.2 Å². The number of amides is 2. The van der Waals surface area contributed by atoms with Crippen LogP contribution in [0, 0.1) is 11.8 Å². The number of nitrogens with two attached hydrogens (primary N) is 1. The number of hydrazone groups is 1. The first-order chi connectivity index (χ1) is 11.3. The summed E-state index contributed by atoms with van der Waals surface area (Å²) in [5.41, 5.74) is 7.76. The van der Waals surface area contributed by atoms with Gasteiger partial charge in [0.25, 0.3) is 5.97 Å². The zero-order valence-corrected chi connectivity index (χ0v) is 14.0. The van der Waals surface area contributed by atoms with Gasteiger partial charge in [0.05, 0.1) is 18.4 Å². The Kier molecular flexibility index (Phi) is 11.3. The normalized spacial score (nSPS) is 14.6. The molecule has 9 nitrogen and oxygen atoms in total. The van der Waals surface area contributed by atoms with Crippen LogP contribution in [0.25, 0.3) is 0 Å². The molecule has 2 unspecified atom stereocenters. The SMILES string of the molecule is [B]OC(=O)C[C@H](N)/C=N/NC(=O)NCC(C)CCC(CC)C(=O)O. The smallest absolute Gasteiger partial charge is 0.378 e. The van der Waals surface area contributed by atoms with Crippen LogP contribution in [0.15, 0.2) is 5.10 Å². The lowest BCUT2D eigenvalue weighted by molar-refractivity contribution is -0.142. The molecular formula is C14H25BN4O5. The monoisotopic (exact) mass is 340 g/mol. The number of rotatable bonds is 11. The van der Waals surface area contributed by atoms with Gasteiger partial charge < -0.3 is 20.8 Å². The summed E-state index contributed by atoms with van der Waals surface area (Å²) in [6.07, 6.45) is 2.89. The third-order valence-corrected chi connectivity index (χ3v) is 3.43. The second-order valence-corrected chi connectivity index (χ2v) is 5.58. The predicted molar refractivity (Wildman–Crippen MR) is 89.3 cm³/mol. The van der Waals surface area contributed by atoms with E-state index in [0.29, 0.717) is 25.8 Å². The minimum atomic E-state index is -0.792. The quantitative estimate of drug-likeness (QED) is 0.239. The third kappa shape index (κ3) is 10.6. The number of urea groups is 1. The number of carbonyl (C=O) groups is 3. The number of hydrogen-bond acceptors (Lipinski definition) is 6. The van der Waals surface area contributed by atoms with Crippen LogP contribution in [0.3, 0.4) is 0 Å². The summed E-state index contributed by atoms with van der Waals surface area (Å²) in [6.45, 7) is 4.15. The van der Waals surface area contributed by atoms with Crippen LogP contribution in [-0.4, -0.2) is 49.9 Å². The molecule has 3 atom stereocenters. The first-order valence-corrected chi connectivity index (χ1v) is 7.75. The van der Waals surface area contributed by atoms with E-state index < -0.39 is 24.0 Å². The Morgan fingerprint density at radius 1 is 1.38 bits per heavy atom. The van der Waals surface area contributed by atoms with Crippen LogP contribution in [-0.2, 0) is 14.2 Å². The van der Waals surface area contributed by atoms with Crippen molar-refractivity contribution in [3.63, 3.8) is 0 Å². The Morgan fingerprint density at radius 2 is 2.04 bits per heavy atom. The van der Waals surface area contributed by atoms with Gasteiger partial charge in [0.15, 0.2) is 0 Å². The fraction of sp³-hybridized carbons (Fsp3) is 0.714. The van der Waals surface area contributed by atoms with Crippen molar-refractivity contribution < 1.29 is 24.1 Å². The molecule has 2 radical (unpaired) electrons. The minimum absolute atomic E-state index is 0.134. The Bertz CT molecular complexity index is 447. The molecule has 0 aromatic rings. The molecule has 5 N–H and O–H groups in total. The predicted octanol–water partition coefficient (Wildman–Crippen LogP) is 0.143. The number of nitrogens with one attached hydrogen (secondary N) is 2. The standard InChI is InChI=1S/C14H25BN4O5/c1-3-10(13(21)22)5-4-9(2)7-17-14(23)19-18-8-11(16)6-12(20)24-15/h8-11H,3-7,16H2,1-2H3,(H,21,22)(H2,17,19,23)/b18-8+/t9?,10?,11-/m0/s1. The van der Waals surface area contributed by atoms with Crippen molar-refractivity contribution in [3.8, 4) is 0 Å². The largest absolute Gasteiger partial charge is 0.543 e. The summed E-state index contributed by atoms with van der Waals surface area (Å²) in [7, 11) is 4.67. The van der Waals surface area contributed by atoms with Gasteiger partial charge in [0, 0.05) is 12.8 Å². The molecule has 10 heteroatoms. The van der Waals surface area contributed by atoms with Gasteiger partial charge in [0.1, 0.15) is 0 Å². The Labute approximate surface area is 142 Å². The first-order valence-electron chi connectivity index (χ1n) is 7.75. The molecule has 0 saturated heterocycles. The molecule has 0 aromatic carbocycles. The van der Waals surface area contributed by atoms with E-state index in [1.54, 1.807) is 0 Å². The number of carbonyl (C=O) groups excluding carboxylic acids is 2. The highest BCUT2D eigenvalue weighted by Crippen LogP contribution is 2.15. The molecule has 2 amide bonds. The number of carboxylic acid groups (broad SMARTS) is 1. The summed E-state index contributed by atoms with van der Waals surface area (Å²) in [5, 5.41) is 15.2. The van der Waals surface area contributed by atoms with E-state index in [-0.39, 0.29) is 18.3 Å². The van der Waals surface area contributed by atoms with E-state index in [1.165, 1.54) is 6.21 Å². The summed E-state index contributed by atoms with van der Waals surface area (Å²) in [5.74, 6) is -1.69. The maximum atomic E-state index is 11.5. The van der Waals surface area contributed by atoms with E-state index in [2.05, 4.69) is 28.5 Å². The van der Waals surface area contributed by atoms with Gasteiger partial charge in [-0.25, -0.2) is 10.2 Å². The molecule has 0 spiro atoms. The molecule has 0 aliphatic rings. The van der Waals surface area contributed by atoms with Crippen molar-refractivity contribution in [2.45, 2.75) is 45.6 Å². The average molecular weight is 340 g/mol. The van der Waals surface area contributed by atoms with Crippen molar-refractivity contribution in [1.82, 2.24) is 10.7 Å². The van der Waals surface area contributed by atoms with Crippen molar-refractivity contribution in [3.05, 3.63) is 0 Å². The summed E-state index contributed by atoms with van der Waals surface area (Å²) in [6, 6.07) is -1.24. The average Bonchev–Trinajstić information content (AvgIpc) is 2.52. The molecule has 0 fully saturated rings. The zero-order valence-electron chi connectivity index (χ0n) is 14.0. The second-order valence-electron chi connectivity index (χ2n) is 5.58. The van der Waals surface area contributed by atoms with Gasteiger partial charge >= 0.3 is 20.0 Å². The van der Waals surface area contributed by atoms with E-state index >= 15 is 0 Å². The number of hydrogen-bond donors (Lipinski definition) is 4. The molecule has 134 valence electrons. The van der Waals surface area contributed by atoms with Gasteiger partial charge in [-0.15, -0.1) is 0 Å². The summed E-state index contributed by atoms with van der Waals surface area (Å²) in [4.78, 5) is 33.3. The molecule has 24 heavy (non-hydrogen) atoms. The fourth-order valence-electron chi connectivity index (χ4n) is 1.88. The number of aliphatic carboxylic acids is 1. The van der Waals surface area contributed by atoms with Crippen molar-refractivity contribution in [2.24, 2.45) is 22.7 Å². The van der Waals surface area contributed by atoms with Crippen LogP contribution in [0.1, 0.15) is 39.5 Å². The van der Waals surface area contributed by atoms with Crippen LogP contribution in [0.2, 0.25) is 0 Å². The lowest BCUT2D eigenvalue weighted by Gasteiger charge is -2.15. The Hall–Kier alpha value is -2.10. The lowest BCUT2D eigenvalue weighted by Crippen LogP contribution is -2.36. The van der Waals surface area contributed by atoms with Gasteiger partial charge in [-0.2, -0.15) is 5.10 Å². The Balaban J connectivity index is 3.96. The molecular weight excluding hydrogens is 315 g/mol. The van der Waals surface area contributed by atoms with E-state index in [1.807, 2.05) is 13.8 Å². The van der Waals surface area contributed by atoms with Crippen LogP contribution in [0.5, 0.6) is 0 Å². The molecule has 0 saturated carbocycles. The van der Waals surface area contributed by atoms with Crippen LogP contribution >= 0.6 is 0 Å². The third-order valence-electron chi connectivity index (χ3n) is 3.43. The highest BCUT2D eigenvalue weighted by atomic mass is 16.5. The van der Waals surface area contributed by atoms with E-state index in [4.69, 9.17) is 10.8 Å². The lowest BCUT2D eigenvalue weighted by atomic mass is 9.95. The van der Waals surface area contributed by atoms with Crippen molar-refractivity contribution in [1.29, 1.82) is 0 Å². The molecule has 0 aliphatic carbocycles. The van der Waals surface area contributed by atoms with Crippen molar-refractivity contribution in [2.75, 3.05) is 6.54 Å². The van der Waals surface area contributed by atoms with Crippen LogP contribution < -0.4 is 16.5 Å². The Morgan fingerprint density at radius 3 is 2.58 bits per heavy atom. The van der Waals surface area contributed by atoms with E-state index in [0.717, 1.165) is 0 Å². The second kappa shape index (κ2) is 12.3. The highest BCUT2D eigenvalue weighted by Gasteiger charge is 2.16.